The van der Waals surface area contributed by atoms with Crippen LogP contribution in [0.15, 0.2) is 12.1 Å². The average molecular weight is 453 g/mol. The molecule has 0 spiro atoms. The van der Waals surface area contributed by atoms with Crippen molar-refractivity contribution in [3.63, 3.8) is 0 Å². The maximum absolute atomic E-state index is 14.3. The molecular formula is C30H54F2. The molecule has 3 rings (SSSR count). The Morgan fingerprint density at radius 1 is 0.781 bits per heavy atom. The number of hydrogen-bond donors (Lipinski definition) is 0. The van der Waals surface area contributed by atoms with Gasteiger partial charge in [-0.2, -0.15) is 0 Å². The highest BCUT2D eigenvalue weighted by molar-refractivity contribution is 5.34. The molecule has 0 atom stereocenters. The lowest BCUT2D eigenvalue weighted by Crippen LogP contribution is -2.14. The summed E-state index contributed by atoms with van der Waals surface area (Å²) in [5, 5.41) is 0. The predicted molar refractivity (Wildman–Crippen MR) is 140 cm³/mol. The second kappa shape index (κ2) is 17.5. The van der Waals surface area contributed by atoms with E-state index in [0.29, 0.717) is 5.92 Å². The molecule has 0 unspecified atom stereocenters. The van der Waals surface area contributed by atoms with E-state index in [9.17, 15) is 4.39 Å². The third-order valence-electron chi connectivity index (χ3n) is 7.72. The number of benzene rings is 1. The first-order valence-corrected chi connectivity index (χ1v) is 13.9. The lowest BCUT2D eigenvalue weighted by atomic mass is 9.76. The van der Waals surface area contributed by atoms with Gasteiger partial charge in [0, 0.05) is 0 Å². The van der Waals surface area contributed by atoms with Gasteiger partial charge in [0.05, 0.1) is 0 Å². The monoisotopic (exact) mass is 452 g/mol. The van der Waals surface area contributed by atoms with Crippen molar-refractivity contribution in [2.75, 3.05) is 0 Å². The van der Waals surface area contributed by atoms with E-state index in [1.54, 1.807) is 0 Å². The highest BCUT2D eigenvalue weighted by Crippen LogP contribution is 2.39. The first kappa shape index (κ1) is 31.1. The SMILES string of the molecule is CC.CC.CCc1c(C)cc(C2CCC(CCCCC3CCC(C)CC3)CC2)cc1F.F. The summed E-state index contributed by atoms with van der Waals surface area (Å²) in [4.78, 5) is 0. The maximum Gasteiger partial charge on any atom is 0.126 e. The number of hydrogen-bond acceptors (Lipinski definition) is 0. The van der Waals surface area contributed by atoms with Crippen molar-refractivity contribution in [1.82, 2.24) is 0 Å². The van der Waals surface area contributed by atoms with Crippen LogP contribution in [0.4, 0.5) is 9.09 Å². The first-order chi connectivity index (χ1) is 15.1. The van der Waals surface area contributed by atoms with Crippen LogP contribution in [0.25, 0.3) is 0 Å². The molecule has 1 aromatic carbocycles. The standard InChI is InChI=1S/C26H41F.2C2H6.FH/c1-4-25-20(3)17-24(18-26(25)27)23-15-13-22(14-16-23)8-6-5-7-21-11-9-19(2)10-12-21;2*1-2;/h17-19,21-23H,4-16H2,1-3H3;2*1-2H3;1H. The Labute approximate surface area is 199 Å². The summed E-state index contributed by atoms with van der Waals surface area (Å²) in [7, 11) is 0. The Morgan fingerprint density at radius 2 is 1.25 bits per heavy atom. The van der Waals surface area contributed by atoms with Crippen molar-refractivity contribution >= 4 is 0 Å². The van der Waals surface area contributed by atoms with Crippen molar-refractivity contribution in [2.24, 2.45) is 17.8 Å². The van der Waals surface area contributed by atoms with Gasteiger partial charge in [-0.15, -0.1) is 0 Å². The number of aryl methyl sites for hydroxylation is 1. The summed E-state index contributed by atoms with van der Waals surface area (Å²) in [6.07, 6.45) is 17.7. The minimum absolute atomic E-state index is 0. The Balaban J connectivity index is 0.00000182. The number of halogens is 2. The van der Waals surface area contributed by atoms with Gasteiger partial charge in [-0.05, 0) is 85.5 Å². The van der Waals surface area contributed by atoms with Crippen molar-refractivity contribution in [1.29, 1.82) is 0 Å². The Kier molecular flexibility index (Phi) is 17.0. The molecule has 0 amide bonds. The van der Waals surface area contributed by atoms with Crippen LogP contribution in [0.5, 0.6) is 0 Å². The van der Waals surface area contributed by atoms with Crippen LogP contribution in [-0.2, 0) is 6.42 Å². The molecule has 0 aliphatic heterocycles. The van der Waals surface area contributed by atoms with Gasteiger partial charge < -0.3 is 0 Å². The van der Waals surface area contributed by atoms with Crippen LogP contribution in [0.2, 0.25) is 0 Å². The predicted octanol–water partition coefficient (Wildman–Crippen LogP) is 10.6. The van der Waals surface area contributed by atoms with E-state index in [2.05, 4.69) is 19.9 Å². The molecule has 0 heterocycles. The molecule has 2 fully saturated rings. The van der Waals surface area contributed by atoms with E-state index < -0.39 is 0 Å². The molecule has 0 saturated heterocycles. The first-order valence-electron chi connectivity index (χ1n) is 13.9. The zero-order chi connectivity index (χ0) is 23.2. The molecule has 0 bridgehead atoms. The van der Waals surface area contributed by atoms with Gasteiger partial charge in [0.15, 0.2) is 0 Å². The summed E-state index contributed by atoms with van der Waals surface area (Å²) in [5.74, 6) is 3.54. The van der Waals surface area contributed by atoms with Crippen molar-refractivity contribution in [2.45, 2.75) is 138 Å². The number of unbranched alkanes of at least 4 members (excludes halogenated alkanes) is 1. The highest BCUT2D eigenvalue weighted by atomic mass is 19.1. The quantitative estimate of drug-likeness (QED) is 0.361. The molecule has 2 heteroatoms. The zero-order valence-electron chi connectivity index (χ0n) is 22.4. The summed E-state index contributed by atoms with van der Waals surface area (Å²) >= 11 is 0. The fourth-order valence-corrected chi connectivity index (χ4v) is 5.75. The largest absolute Gasteiger partial charge is 0.269 e. The zero-order valence-corrected chi connectivity index (χ0v) is 22.4. The van der Waals surface area contributed by atoms with Crippen LogP contribution in [0, 0.1) is 30.5 Å². The molecule has 0 radical (unpaired) electrons. The third-order valence-corrected chi connectivity index (χ3v) is 7.72. The van der Waals surface area contributed by atoms with E-state index in [1.807, 2.05) is 40.7 Å². The molecule has 32 heavy (non-hydrogen) atoms. The lowest BCUT2D eigenvalue weighted by Gasteiger charge is -2.30. The fourth-order valence-electron chi connectivity index (χ4n) is 5.75. The summed E-state index contributed by atoms with van der Waals surface area (Å²) in [6.45, 7) is 14.5. The molecule has 2 aliphatic rings. The van der Waals surface area contributed by atoms with Crippen molar-refractivity contribution in [3.8, 4) is 0 Å². The van der Waals surface area contributed by atoms with E-state index >= 15 is 0 Å². The molecule has 0 nitrogen and oxygen atoms in total. The normalized spacial score (nSPS) is 24.9. The Morgan fingerprint density at radius 3 is 1.69 bits per heavy atom. The minimum atomic E-state index is 0. The van der Waals surface area contributed by atoms with Crippen molar-refractivity contribution in [3.05, 3.63) is 34.6 Å². The van der Waals surface area contributed by atoms with Gasteiger partial charge in [-0.25, -0.2) is 4.39 Å². The Bertz CT molecular complexity index is 555. The van der Waals surface area contributed by atoms with E-state index in [0.717, 1.165) is 35.3 Å². The van der Waals surface area contributed by atoms with Gasteiger partial charge in [0.2, 0.25) is 0 Å². The van der Waals surface area contributed by atoms with E-state index in [-0.39, 0.29) is 10.5 Å². The van der Waals surface area contributed by atoms with Gasteiger partial charge in [0.1, 0.15) is 5.82 Å². The molecular weight excluding hydrogens is 398 g/mol. The minimum Gasteiger partial charge on any atom is -0.269 e. The molecule has 2 saturated carbocycles. The van der Waals surface area contributed by atoms with Gasteiger partial charge in [-0.3, -0.25) is 4.70 Å². The third kappa shape index (κ3) is 9.92. The fraction of sp³-hybridized carbons (Fsp3) is 0.800. The molecule has 1 aromatic rings. The lowest BCUT2D eigenvalue weighted by molar-refractivity contribution is 0.262. The smallest absolute Gasteiger partial charge is 0.126 e. The molecule has 0 aromatic heterocycles. The summed E-state index contributed by atoms with van der Waals surface area (Å²) in [6, 6.07) is 4.10. The van der Waals surface area contributed by atoms with Crippen LogP contribution >= 0.6 is 0 Å². The maximum atomic E-state index is 14.3. The van der Waals surface area contributed by atoms with Gasteiger partial charge in [-0.1, -0.05) is 99.0 Å². The number of rotatable bonds is 7. The molecule has 2 aliphatic carbocycles. The second-order valence-electron chi connectivity index (χ2n) is 9.78. The average Bonchev–Trinajstić information content (AvgIpc) is 2.81. The van der Waals surface area contributed by atoms with Crippen LogP contribution in [-0.4, -0.2) is 0 Å². The summed E-state index contributed by atoms with van der Waals surface area (Å²) < 4.78 is 14.3. The van der Waals surface area contributed by atoms with E-state index in [1.165, 1.54) is 82.6 Å². The van der Waals surface area contributed by atoms with Crippen molar-refractivity contribution < 1.29 is 9.09 Å². The molecule has 0 N–H and O–H groups in total. The Hall–Kier alpha value is -0.920. The summed E-state index contributed by atoms with van der Waals surface area (Å²) in [5.41, 5.74) is 3.30. The van der Waals surface area contributed by atoms with Crippen LogP contribution in [0.3, 0.4) is 0 Å². The van der Waals surface area contributed by atoms with Gasteiger partial charge >= 0.3 is 0 Å². The van der Waals surface area contributed by atoms with E-state index in [4.69, 9.17) is 0 Å². The molecule has 188 valence electrons. The topological polar surface area (TPSA) is 0 Å². The highest BCUT2D eigenvalue weighted by Gasteiger charge is 2.24. The second-order valence-corrected chi connectivity index (χ2v) is 9.78. The van der Waals surface area contributed by atoms with Gasteiger partial charge in [0.25, 0.3) is 0 Å². The van der Waals surface area contributed by atoms with Crippen LogP contribution < -0.4 is 0 Å². The van der Waals surface area contributed by atoms with Crippen LogP contribution in [0.1, 0.15) is 141 Å².